The lowest BCUT2D eigenvalue weighted by molar-refractivity contribution is 0.142. The Hall–Kier alpha value is -2.03. The van der Waals surface area contributed by atoms with Crippen LogP contribution in [-0.2, 0) is 13.0 Å². The van der Waals surface area contributed by atoms with E-state index in [0.717, 1.165) is 29.1 Å². The van der Waals surface area contributed by atoms with E-state index in [1.165, 1.54) is 16.8 Å². The number of aliphatic hydroxyl groups excluding tert-OH is 1. The van der Waals surface area contributed by atoms with Crippen molar-refractivity contribution in [3.8, 4) is 22.3 Å². The minimum atomic E-state index is -0.103. The van der Waals surface area contributed by atoms with E-state index in [1.54, 1.807) is 0 Å². The zero-order valence-corrected chi connectivity index (χ0v) is 14.3. The summed E-state index contributed by atoms with van der Waals surface area (Å²) in [4.78, 5) is 0. The molecule has 2 aromatic carbocycles. The van der Waals surface area contributed by atoms with Gasteiger partial charge in [0, 0.05) is 33.8 Å². The van der Waals surface area contributed by atoms with Crippen LogP contribution in [0.25, 0.3) is 22.3 Å². The van der Waals surface area contributed by atoms with E-state index in [0.29, 0.717) is 0 Å². The van der Waals surface area contributed by atoms with Gasteiger partial charge < -0.3 is 9.67 Å². The first kappa shape index (κ1) is 15.5. The van der Waals surface area contributed by atoms with Crippen molar-refractivity contribution < 1.29 is 5.11 Å². The summed E-state index contributed by atoms with van der Waals surface area (Å²) in [5.41, 5.74) is 5.78. The first-order valence-electron chi connectivity index (χ1n) is 8.16. The van der Waals surface area contributed by atoms with Crippen LogP contribution in [0, 0.1) is 11.6 Å². The van der Waals surface area contributed by atoms with Crippen molar-refractivity contribution in [1.29, 1.82) is 0 Å². The van der Waals surface area contributed by atoms with Crippen LogP contribution in [0.4, 0.5) is 0 Å². The molecule has 0 fully saturated rings. The van der Waals surface area contributed by atoms with E-state index < -0.39 is 0 Å². The van der Waals surface area contributed by atoms with E-state index >= 15 is 0 Å². The van der Waals surface area contributed by atoms with Crippen molar-refractivity contribution in [2.24, 2.45) is 5.41 Å². The molecule has 0 spiro atoms. The van der Waals surface area contributed by atoms with Gasteiger partial charge in [-0.2, -0.15) is 0 Å². The molecule has 4 rings (SSSR count). The van der Waals surface area contributed by atoms with Crippen molar-refractivity contribution in [3.63, 3.8) is 0 Å². The molecule has 0 aliphatic carbocycles. The highest BCUT2D eigenvalue weighted by Crippen LogP contribution is 2.43. The van der Waals surface area contributed by atoms with Gasteiger partial charge in [-0.15, -0.1) is 0 Å². The maximum atomic E-state index is 9.75. The SMILES string of the molecule is CC1(CO)Cc2c(-c3ccccc3)c(-c3ccc(Cl)cc3)[c]n2C1. The van der Waals surface area contributed by atoms with Gasteiger partial charge in [0.15, 0.2) is 0 Å². The number of fused-ring (bicyclic) bond motifs is 1. The zero-order valence-electron chi connectivity index (χ0n) is 13.6. The van der Waals surface area contributed by atoms with Crippen molar-refractivity contribution in [1.82, 2.24) is 4.57 Å². The van der Waals surface area contributed by atoms with Gasteiger partial charge in [-0.05, 0) is 29.7 Å². The largest absolute Gasteiger partial charge is 0.396 e. The third-order valence-electron chi connectivity index (χ3n) is 4.82. The fraction of sp³-hybridized carbons (Fsp3) is 0.238. The number of nitrogens with zero attached hydrogens (tertiary/aromatic N) is 1. The average molecular weight is 337 g/mol. The van der Waals surface area contributed by atoms with Gasteiger partial charge in [0.1, 0.15) is 0 Å². The first-order chi connectivity index (χ1) is 11.6. The maximum Gasteiger partial charge on any atom is 0.0743 e. The predicted molar refractivity (Wildman–Crippen MR) is 98.0 cm³/mol. The molecule has 1 atom stereocenters. The molecule has 121 valence electrons. The van der Waals surface area contributed by atoms with E-state index in [-0.39, 0.29) is 12.0 Å². The van der Waals surface area contributed by atoms with Crippen LogP contribution in [-0.4, -0.2) is 16.3 Å². The zero-order chi connectivity index (χ0) is 16.7. The highest BCUT2D eigenvalue weighted by atomic mass is 35.5. The fourth-order valence-corrected chi connectivity index (χ4v) is 3.67. The lowest BCUT2D eigenvalue weighted by Gasteiger charge is -2.19. The highest BCUT2D eigenvalue weighted by molar-refractivity contribution is 6.30. The molecule has 1 aliphatic heterocycles. The van der Waals surface area contributed by atoms with E-state index in [4.69, 9.17) is 11.6 Å². The Labute approximate surface area is 147 Å². The summed E-state index contributed by atoms with van der Waals surface area (Å²) in [6.07, 6.45) is 4.41. The Bertz CT molecular complexity index is 867. The highest BCUT2D eigenvalue weighted by Gasteiger charge is 2.36. The summed E-state index contributed by atoms with van der Waals surface area (Å²) in [7, 11) is 0. The lowest BCUT2D eigenvalue weighted by atomic mass is 9.86. The molecule has 1 N–H and O–H groups in total. The summed E-state index contributed by atoms with van der Waals surface area (Å²) in [6, 6.07) is 18.3. The minimum Gasteiger partial charge on any atom is -0.396 e. The smallest absolute Gasteiger partial charge is 0.0743 e. The molecule has 3 heteroatoms. The summed E-state index contributed by atoms with van der Waals surface area (Å²) in [5.74, 6) is 0. The van der Waals surface area contributed by atoms with Crippen LogP contribution >= 0.6 is 11.6 Å². The molecular formula is C21H19ClNO. The Morgan fingerprint density at radius 2 is 1.79 bits per heavy atom. The second-order valence-electron chi connectivity index (χ2n) is 6.91. The van der Waals surface area contributed by atoms with Gasteiger partial charge in [-0.25, -0.2) is 0 Å². The van der Waals surface area contributed by atoms with Crippen LogP contribution in [0.1, 0.15) is 12.6 Å². The third kappa shape index (κ3) is 2.56. The number of halogens is 1. The summed E-state index contributed by atoms with van der Waals surface area (Å²) < 4.78 is 2.18. The Morgan fingerprint density at radius 1 is 1.08 bits per heavy atom. The molecule has 2 heterocycles. The molecule has 24 heavy (non-hydrogen) atoms. The van der Waals surface area contributed by atoms with Crippen LogP contribution < -0.4 is 0 Å². The second-order valence-corrected chi connectivity index (χ2v) is 7.35. The first-order valence-corrected chi connectivity index (χ1v) is 8.54. The number of aliphatic hydroxyl groups is 1. The topological polar surface area (TPSA) is 25.2 Å². The van der Waals surface area contributed by atoms with E-state index in [1.807, 2.05) is 30.3 Å². The van der Waals surface area contributed by atoms with Crippen LogP contribution in [0.5, 0.6) is 0 Å². The van der Waals surface area contributed by atoms with Crippen molar-refractivity contribution in [3.05, 3.63) is 71.5 Å². The summed E-state index contributed by atoms with van der Waals surface area (Å²) >= 11 is 6.04. The van der Waals surface area contributed by atoms with Gasteiger partial charge in [0.25, 0.3) is 0 Å². The summed E-state index contributed by atoms with van der Waals surface area (Å²) in [5, 5.41) is 10.5. The van der Waals surface area contributed by atoms with Gasteiger partial charge >= 0.3 is 0 Å². The normalized spacial score (nSPS) is 19.5. The van der Waals surface area contributed by atoms with Gasteiger partial charge in [-0.3, -0.25) is 0 Å². The number of rotatable bonds is 3. The molecule has 0 saturated carbocycles. The Morgan fingerprint density at radius 3 is 2.46 bits per heavy atom. The lowest BCUT2D eigenvalue weighted by Crippen LogP contribution is -2.22. The predicted octanol–water partition coefficient (Wildman–Crippen LogP) is 4.83. The molecule has 0 bridgehead atoms. The monoisotopic (exact) mass is 336 g/mol. The molecule has 1 aliphatic rings. The molecule has 0 amide bonds. The van der Waals surface area contributed by atoms with E-state index in [2.05, 4.69) is 42.0 Å². The number of hydrogen-bond donors (Lipinski definition) is 1. The van der Waals surface area contributed by atoms with Crippen molar-refractivity contribution >= 4 is 11.6 Å². The third-order valence-corrected chi connectivity index (χ3v) is 5.07. The van der Waals surface area contributed by atoms with Crippen LogP contribution in [0.15, 0.2) is 54.6 Å². The minimum absolute atomic E-state index is 0.103. The van der Waals surface area contributed by atoms with Gasteiger partial charge in [-0.1, -0.05) is 61.0 Å². The molecule has 1 radical (unpaired) electrons. The molecule has 1 unspecified atom stereocenters. The molecule has 0 saturated heterocycles. The van der Waals surface area contributed by atoms with Crippen molar-refractivity contribution in [2.75, 3.05) is 6.61 Å². The van der Waals surface area contributed by atoms with E-state index in [9.17, 15) is 5.11 Å². The van der Waals surface area contributed by atoms with Gasteiger partial charge in [0.2, 0.25) is 0 Å². The van der Waals surface area contributed by atoms with Gasteiger partial charge in [0.05, 0.1) is 12.8 Å². The van der Waals surface area contributed by atoms with Crippen molar-refractivity contribution in [2.45, 2.75) is 19.9 Å². The summed E-state index contributed by atoms with van der Waals surface area (Å²) in [6.45, 7) is 3.11. The van der Waals surface area contributed by atoms with Crippen LogP contribution in [0.2, 0.25) is 5.02 Å². The number of hydrogen-bond acceptors (Lipinski definition) is 1. The number of benzene rings is 2. The standard InChI is InChI=1S/C21H19ClNO/c1-21(14-24)11-19-20(16-5-3-2-4-6-16)18(12-23(19)13-21)15-7-9-17(22)10-8-15/h2-10,24H,11,13-14H2,1H3. The maximum absolute atomic E-state index is 9.75. The molecular weight excluding hydrogens is 318 g/mol. The fourth-order valence-electron chi connectivity index (χ4n) is 3.55. The van der Waals surface area contributed by atoms with Crippen LogP contribution in [0.3, 0.4) is 0 Å². The molecule has 2 nitrogen and oxygen atoms in total. The molecule has 3 aromatic rings. The Balaban J connectivity index is 1.90. The Kier molecular flexibility index (Phi) is 3.75. The quantitative estimate of drug-likeness (QED) is 0.728. The average Bonchev–Trinajstić information content (AvgIpc) is 3.10. The number of aromatic nitrogens is 1. The molecule has 1 aromatic heterocycles. The second kappa shape index (κ2) is 5.80.